The molecule has 2 amide bonds. The average molecular weight is 552 g/mol. The average Bonchev–Trinajstić information content (AvgIpc) is 2.79. The molecule has 0 fully saturated rings. The molecular weight excluding hydrogens is 530 g/mol. The highest BCUT2D eigenvalue weighted by Crippen LogP contribution is 2.39. The Morgan fingerprint density at radius 1 is 0.750 bits per heavy atom. The van der Waals surface area contributed by atoms with Crippen molar-refractivity contribution in [2.75, 3.05) is 21.5 Å². The number of carbonyl (C=O) groups excluding carboxylic acids is 2. The van der Waals surface area contributed by atoms with Gasteiger partial charge in [-0.1, -0.05) is 11.6 Å². The van der Waals surface area contributed by atoms with Gasteiger partial charge >= 0.3 is 0 Å². The van der Waals surface area contributed by atoms with Gasteiger partial charge in [0.25, 0.3) is 20.0 Å². The summed E-state index contributed by atoms with van der Waals surface area (Å²) in [5, 5.41) is 5.10. The Hall–Kier alpha value is -3.61. The Morgan fingerprint density at radius 2 is 1.17 bits per heavy atom. The molecule has 0 heterocycles. The molecule has 3 rings (SSSR count). The largest absolute Gasteiger partial charge is 0.495 e. The Kier molecular flexibility index (Phi) is 7.92. The van der Waals surface area contributed by atoms with Gasteiger partial charge in [-0.25, -0.2) is 16.8 Å². The Balaban J connectivity index is 2.22. The zero-order valence-electron chi connectivity index (χ0n) is 19.4. The number of hydrogen-bond donors (Lipinski definition) is 2. The number of hydrogen-bond acceptors (Lipinski definition) is 7. The molecule has 13 heteroatoms. The van der Waals surface area contributed by atoms with Crippen molar-refractivity contribution < 1.29 is 31.2 Å². The van der Waals surface area contributed by atoms with E-state index in [0.29, 0.717) is 11.4 Å². The van der Waals surface area contributed by atoms with Gasteiger partial charge in [-0.05, 0) is 66.7 Å². The van der Waals surface area contributed by atoms with Crippen molar-refractivity contribution in [3.8, 4) is 5.75 Å². The van der Waals surface area contributed by atoms with Crippen molar-refractivity contribution in [1.29, 1.82) is 0 Å². The Bertz CT molecular complexity index is 1420. The third-order valence-electron chi connectivity index (χ3n) is 4.72. The van der Waals surface area contributed by atoms with Crippen LogP contribution < -0.4 is 19.1 Å². The van der Waals surface area contributed by atoms with Gasteiger partial charge in [-0.2, -0.15) is 3.71 Å². The third kappa shape index (κ3) is 5.78. The highest BCUT2D eigenvalue weighted by atomic mass is 35.5. The molecule has 0 unspecified atom stereocenters. The van der Waals surface area contributed by atoms with Crippen LogP contribution in [0.25, 0.3) is 0 Å². The van der Waals surface area contributed by atoms with Crippen LogP contribution in [0.4, 0.5) is 17.1 Å². The molecule has 0 aromatic heterocycles. The maximum Gasteiger partial charge on any atom is 0.277 e. The van der Waals surface area contributed by atoms with Crippen LogP contribution >= 0.6 is 11.6 Å². The van der Waals surface area contributed by atoms with Crippen molar-refractivity contribution in [1.82, 2.24) is 0 Å². The van der Waals surface area contributed by atoms with E-state index in [4.69, 9.17) is 16.3 Å². The molecule has 0 bridgehead atoms. The quantitative estimate of drug-likeness (QED) is 0.433. The molecule has 190 valence electrons. The lowest BCUT2D eigenvalue weighted by Crippen LogP contribution is -2.37. The fourth-order valence-electron chi connectivity index (χ4n) is 3.21. The number of carbonyl (C=O) groups is 2. The van der Waals surface area contributed by atoms with E-state index in [0.717, 1.165) is 6.07 Å². The second kappa shape index (κ2) is 10.6. The van der Waals surface area contributed by atoms with Gasteiger partial charge in [0, 0.05) is 30.2 Å². The molecule has 3 aromatic rings. The number of nitrogens with zero attached hydrogens (tertiary/aromatic N) is 1. The lowest BCUT2D eigenvalue weighted by molar-refractivity contribution is -0.115. The minimum atomic E-state index is -4.76. The van der Waals surface area contributed by atoms with E-state index in [1.165, 1.54) is 81.6 Å². The van der Waals surface area contributed by atoms with Crippen LogP contribution in [0.5, 0.6) is 5.75 Å². The fourth-order valence-corrected chi connectivity index (χ4v) is 7.07. The van der Waals surface area contributed by atoms with Crippen LogP contribution in [0.15, 0.2) is 76.5 Å². The SMILES string of the molecule is COc1ccc(Cl)cc1N(S(=O)(=O)c1ccc(NC(C)=O)cc1)S(=O)(=O)c1ccc(NC(C)=O)cc1. The summed E-state index contributed by atoms with van der Waals surface area (Å²) in [5.74, 6) is -0.779. The molecule has 3 aromatic carbocycles. The van der Waals surface area contributed by atoms with Gasteiger partial charge in [0.1, 0.15) is 11.4 Å². The minimum Gasteiger partial charge on any atom is -0.495 e. The van der Waals surface area contributed by atoms with Crippen LogP contribution in [0.2, 0.25) is 5.02 Å². The number of nitrogens with one attached hydrogen (secondary N) is 2. The van der Waals surface area contributed by atoms with Gasteiger partial charge in [0.15, 0.2) is 0 Å². The van der Waals surface area contributed by atoms with E-state index < -0.39 is 20.0 Å². The summed E-state index contributed by atoms with van der Waals surface area (Å²) >= 11 is 6.10. The molecule has 0 saturated heterocycles. The summed E-state index contributed by atoms with van der Waals surface area (Å²) < 4.78 is 60.6. The maximum atomic E-state index is 13.8. The third-order valence-corrected chi connectivity index (χ3v) is 9.13. The van der Waals surface area contributed by atoms with Crippen molar-refractivity contribution in [2.24, 2.45) is 0 Å². The minimum absolute atomic E-state index is 0.0590. The van der Waals surface area contributed by atoms with E-state index in [-0.39, 0.29) is 41.8 Å². The van der Waals surface area contributed by atoms with Crippen LogP contribution in [0.1, 0.15) is 13.8 Å². The number of sulfonamides is 2. The molecule has 0 saturated carbocycles. The predicted octanol–water partition coefficient (Wildman–Crippen LogP) is 3.85. The number of halogens is 1. The standard InChI is InChI=1S/C23H22ClN3O7S2/c1-15(28)25-18-5-9-20(10-6-18)35(30,31)27(22-14-17(24)4-13-23(22)34-3)36(32,33)21-11-7-19(8-12-21)26-16(2)29/h4-14H,1-3H3,(H,25,28)(H,26,29). The van der Waals surface area contributed by atoms with Crippen LogP contribution in [0.3, 0.4) is 0 Å². The fraction of sp³-hybridized carbons (Fsp3) is 0.130. The topological polar surface area (TPSA) is 139 Å². The predicted molar refractivity (Wildman–Crippen MR) is 136 cm³/mol. The number of anilines is 3. The molecule has 2 N–H and O–H groups in total. The number of rotatable bonds is 8. The van der Waals surface area contributed by atoms with Gasteiger partial charge in [-0.3, -0.25) is 9.59 Å². The molecule has 0 aliphatic carbocycles. The van der Waals surface area contributed by atoms with E-state index in [1.54, 1.807) is 0 Å². The van der Waals surface area contributed by atoms with E-state index in [2.05, 4.69) is 10.6 Å². The van der Waals surface area contributed by atoms with Crippen molar-refractivity contribution in [2.45, 2.75) is 23.6 Å². The Morgan fingerprint density at radius 3 is 1.53 bits per heavy atom. The molecule has 0 aliphatic heterocycles. The van der Waals surface area contributed by atoms with Crippen LogP contribution in [0, 0.1) is 0 Å². The van der Waals surface area contributed by atoms with Gasteiger partial charge in [0.05, 0.1) is 16.9 Å². The molecule has 10 nitrogen and oxygen atoms in total. The second-order valence-electron chi connectivity index (χ2n) is 7.43. The molecule has 0 aliphatic rings. The highest BCUT2D eigenvalue weighted by Gasteiger charge is 2.39. The van der Waals surface area contributed by atoms with Gasteiger partial charge < -0.3 is 15.4 Å². The van der Waals surface area contributed by atoms with Gasteiger partial charge in [-0.15, -0.1) is 0 Å². The summed E-state index contributed by atoms with van der Waals surface area (Å²) in [7, 11) is -8.26. The summed E-state index contributed by atoms with van der Waals surface area (Å²) in [4.78, 5) is 21.9. The zero-order chi connectivity index (χ0) is 26.7. The molecule has 0 atom stereocenters. The first kappa shape index (κ1) is 27.0. The zero-order valence-corrected chi connectivity index (χ0v) is 21.7. The molecule has 36 heavy (non-hydrogen) atoms. The van der Waals surface area contributed by atoms with E-state index in [9.17, 15) is 26.4 Å². The van der Waals surface area contributed by atoms with Crippen molar-refractivity contribution >= 4 is 60.5 Å². The van der Waals surface area contributed by atoms with Gasteiger partial charge in [0.2, 0.25) is 11.8 Å². The number of amides is 2. The lowest BCUT2D eigenvalue weighted by atomic mass is 10.3. The van der Waals surface area contributed by atoms with Crippen molar-refractivity contribution in [3.05, 3.63) is 71.8 Å². The number of benzene rings is 3. The van der Waals surface area contributed by atoms with Crippen LogP contribution in [-0.4, -0.2) is 35.8 Å². The highest BCUT2D eigenvalue weighted by molar-refractivity contribution is 8.10. The number of methoxy groups -OCH3 is 1. The monoisotopic (exact) mass is 551 g/mol. The Labute approximate surface area is 213 Å². The molecule has 0 spiro atoms. The molecular formula is C23H22ClN3O7S2. The summed E-state index contributed by atoms with van der Waals surface area (Å²) in [6, 6.07) is 13.9. The van der Waals surface area contributed by atoms with Crippen molar-refractivity contribution in [3.63, 3.8) is 0 Å². The smallest absolute Gasteiger partial charge is 0.277 e. The summed E-state index contributed by atoms with van der Waals surface area (Å²) in [5.41, 5.74) is 0.316. The first-order chi connectivity index (χ1) is 16.9. The summed E-state index contributed by atoms with van der Waals surface area (Å²) in [6.45, 7) is 2.59. The van der Waals surface area contributed by atoms with E-state index in [1.807, 2.05) is 0 Å². The number of ether oxygens (including phenoxy) is 1. The molecule has 0 radical (unpaired) electrons. The lowest BCUT2D eigenvalue weighted by Gasteiger charge is -2.26. The second-order valence-corrected chi connectivity index (χ2v) is 11.7. The first-order valence-corrected chi connectivity index (χ1v) is 13.5. The first-order valence-electron chi connectivity index (χ1n) is 10.3. The maximum absolute atomic E-state index is 13.8. The summed E-state index contributed by atoms with van der Waals surface area (Å²) in [6.07, 6.45) is 0. The normalized spacial score (nSPS) is 11.4. The van der Waals surface area contributed by atoms with E-state index >= 15 is 0 Å². The van der Waals surface area contributed by atoms with Crippen LogP contribution in [-0.2, 0) is 29.6 Å².